The summed E-state index contributed by atoms with van der Waals surface area (Å²) in [4.78, 5) is 36.5. The van der Waals surface area contributed by atoms with Gasteiger partial charge in [0.2, 0.25) is 0 Å². The Hall–Kier alpha value is -5.51. The van der Waals surface area contributed by atoms with Gasteiger partial charge >= 0.3 is 17.9 Å². The lowest BCUT2D eigenvalue weighted by Gasteiger charge is -2.36. The van der Waals surface area contributed by atoms with Crippen molar-refractivity contribution in [1.82, 2.24) is 0 Å². The number of fused-ring (bicyclic) bond motifs is 1. The van der Waals surface area contributed by atoms with Crippen LogP contribution >= 0.6 is 0 Å². The topological polar surface area (TPSA) is 125 Å². The minimum atomic E-state index is -0.549. The Morgan fingerprint density at radius 1 is 0.597 bits per heavy atom. The number of nitrogens with zero attached hydrogens (tertiary/aromatic N) is 2. The Balaban J connectivity index is 1.12. The third-order valence-electron chi connectivity index (χ3n) is 11.5. The summed E-state index contributed by atoms with van der Waals surface area (Å²) < 4.78 is 22.1. The van der Waals surface area contributed by atoms with E-state index in [1.807, 2.05) is 77.1 Å². The monoisotopic (exact) mass is 848 g/mol. The van der Waals surface area contributed by atoms with E-state index in [1.54, 1.807) is 31.2 Å². The fourth-order valence-electron chi connectivity index (χ4n) is 6.40. The van der Waals surface area contributed by atoms with Gasteiger partial charge in [-0.05, 0) is 119 Å². The van der Waals surface area contributed by atoms with E-state index in [9.17, 15) is 14.4 Å². The van der Waals surface area contributed by atoms with E-state index in [1.165, 1.54) is 25.7 Å². The van der Waals surface area contributed by atoms with Crippen molar-refractivity contribution < 1.29 is 33.3 Å². The van der Waals surface area contributed by atoms with E-state index < -0.39 is 5.41 Å². The van der Waals surface area contributed by atoms with E-state index >= 15 is 0 Å². The molecular formula is C52H69N3O7. The molecule has 10 nitrogen and oxygen atoms in total. The van der Waals surface area contributed by atoms with Crippen LogP contribution in [0.5, 0.6) is 5.75 Å². The third-order valence-corrected chi connectivity index (χ3v) is 11.5. The average molecular weight is 848 g/mol. The lowest BCUT2D eigenvalue weighted by Crippen LogP contribution is -2.39. The first-order chi connectivity index (χ1) is 29.8. The van der Waals surface area contributed by atoms with Crippen molar-refractivity contribution >= 4 is 45.7 Å². The fraction of sp³-hybridized carbons (Fsp3) is 0.481. The summed E-state index contributed by atoms with van der Waals surface area (Å²) in [7, 11) is 0. The summed E-state index contributed by atoms with van der Waals surface area (Å²) in [6.07, 6.45) is 12.3. The second-order valence-electron chi connectivity index (χ2n) is 17.6. The van der Waals surface area contributed by atoms with Crippen molar-refractivity contribution in [1.29, 1.82) is 0 Å². The maximum absolute atomic E-state index is 12.6. The predicted molar refractivity (Wildman–Crippen MR) is 249 cm³/mol. The molecule has 0 saturated carbocycles. The average Bonchev–Trinajstić information content (AvgIpc) is 3.26. The number of benzene rings is 4. The number of anilines is 1. The highest BCUT2D eigenvalue weighted by atomic mass is 16.5. The molecule has 4 aromatic carbocycles. The molecule has 0 spiro atoms. The second kappa shape index (κ2) is 25.4. The largest absolute Gasteiger partial charge is 0.494 e. The lowest BCUT2D eigenvalue weighted by molar-refractivity contribution is -0.160. The molecule has 0 unspecified atom stereocenters. The van der Waals surface area contributed by atoms with Crippen LogP contribution in [0.25, 0.3) is 10.8 Å². The summed E-state index contributed by atoms with van der Waals surface area (Å²) in [5.74, 6) is 0.0468. The minimum Gasteiger partial charge on any atom is -0.494 e. The first-order valence-corrected chi connectivity index (χ1v) is 22.4. The summed E-state index contributed by atoms with van der Waals surface area (Å²) in [6, 6.07) is 27.3. The summed E-state index contributed by atoms with van der Waals surface area (Å²) >= 11 is 0. The van der Waals surface area contributed by atoms with Crippen LogP contribution in [0.1, 0.15) is 135 Å². The van der Waals surface area contributed by atoms with Crippen molar-refractivity contribution in [2.24, 2.45) is 21.1 Å². The zero-order chi connectivity index (χ0) is 44.8. The van der Waals surface area contributed by atoms with Gasteiger partial charge in [0.05, 0.1) is 48.8 Å². The van der Waals surface area contributed by atoms with Gasteiger partial charge in [0.15, 0.2) is 0 Å². The van der Waals surface area contributed by atoms with Crippen LogP contribution in [0.4, 0.5) is 17.1 Å². The SMILES string of the molecule is C=C(C)C(=O)OCCCCCCCCCCOc1ccc(CNc2ccc(/N=N/c3ccc(C(=O)OCCCCCCOC(=O)C(C)(C)C(C)(C)C)cc3)c3ccccc23)cc1. The van der Waals surface area contributed by atoms with Gasteiger partial charge in [-0.3, -0.25) is 4.79 Å². The quantitative estimate of drug-likeness (QED) is 0.0207. The first kappa shape index (κ1) is 49.1. The number of hydrogen-bond acceptors (Lipinski definition) is 10. The van der Waals surface area contributed by atoms with E-state index in [2.05, 4.69) is 40.3 Å². The molecule has 0 bridgehead atoms. The summed E-state index contributed by atoms with van der Waals surface area (Å²) in [5.41, 5.74) is 3.73. The summed E-state index contributed by atoms with van der Waals surface area (Å²) in [5, 5.41) is 14.6. The van der Waals surface area contributed by atoms with Crippen molar-refractivity contribution in [3.8, 4) is 5.75 Å². The molecule has 10 heteroatoms. The standard InChI is InChI=1S/C52H69N3O7/c1-39(2)48(56)60-35-19-13-11-9-8-10-12-18-34-59-43-30-24-40(25-31-43)38-53-46-32-33-47(45-23-17-16-22-44(45)46)55-54-42-28-26-41(27-29-42)49(57)61-36-20-14-15-21-37-62-50(58)52(6,7)51(3,4)5/h16-17,22-33,53H,1,8-15,18-21,34-38H2,2-7H3/b55-54+. The van der Waals surface area contributed by atoms with Crippen LogP contribution in [-0.2, 0) is 30.3 Å². The Bertz CT molecular complexity index is 2050. The molecule has 0 aliphatic carbocycles. The van der Waals surface area contributed by atoms with E-state index in [4.69, 9.17) is 18.9 Å². The maximum Gasteiger partial charge on any atom is 0.338 e. The van der Waals surface area contributed by atoms with Crippen molar-refractivity contribution in [2.45, 2.75) is 125 Å². The van der Waals surface area contributed by atoms with Gasteiger partial charge < -0.3 is 24.3 Å². The molecule has 0 saturated heterocycles. The number of nitrogens with one attached hydrogen (secondary N) is 1. The molecular weight excluding hydrogens is 779 g/mol. The Kier molecular flexibility index (Phi) is 20.2. The fourth-order valence-corrected chi connectivity index (χ4v) is 6.40. The van der Waals surface area contributed by atoms with Crippen LogP contribution in [0, 0.1) is 10.8 Å². The first-order valence-electron chi connectivity index (χ1n) is 22.4. The van der Waals surface area contributed by atoms with Crippen LogP contribution in [-0.4, -0.2) is 44.3 Å². The smallest absolute Gasteiger partial charge is 0.338 e. The van der Waals surface area contributed by atoms with Crippen molar-refractivity contribution in [3.63, 3.8) is 0 Å². The zero-order valence-electron chi connectivity index (χ0n) is 38.1. The molecule has 0 aliphatic rings. The van der Waals surface area contributed by atoms with Crippen LogP contribution in [0.15, 0.2) is 107 Å². The van der Waals surface area contributed by atoms with Gasteiger partial charge in [0, 0.05) is 28.6 Å². The number of azo groups is 1. The molecule has 0 aromatic heterocycles. The number of ether oxygens (including phenoxy) is 4. The van der Waals surface area contributed by atoms with Gasteiger partial charge in [0.25, 0.3) is 0 Å². The van der Waals surface area contributed by atoms with Gasteiger partial charge in [0.1, 0.15) is 5.75 Å². The highest BCUT2D eigenvalue weighted by Gasteiger charge is 2.41. The maximum atomic E-state index is 12.6. The number of carbonyl (C=O) groups is 3. The minimum absolute atomic E-state index is 0.167. The molecule has 0 heterocycles. The number of hydrogen-bond donors (Lipinski definition) is 1. The third kappa shape index (κ3) is 16.4. The van der Waals surface area contributed by atoms with Crippen LogP contribution in [0.3, 0.4) is 0 Å². The van der Waals surface area contributed by atoms with Crippen molar-refractivity contribution in [2.75, 3.05) is 31.7 Å². The van der Waals surface area contributed by atoms with Crippen LogP contribution in [0.2, 0.25) is 0 Å². The second-order valence-corrected chi connectivity index (χ2v) is 17.6. The molecule has 1 N–H and O–H groups in total. The van der Waals surface area contributed by atoms with E-state index in [0.29, 0.717) is 49.8 Å². The Morgan fingerprint density at radius 2 is 1.15 bits per heavy atom. The highest BCUT2D eigenvalue weighted by Crippen LogP contribution is 2.39. The van der Waals surface area contributed by atoms with Gasteiger partial charge in [-0.25, -0.2) is 9.59 Å². The molecule has 4 aromatic rings. The normalized spacial score (nSPS) is 11.7. The number of esters is 3. The van der Waals surface area contributed by atoms with Gasteiger partial charge in [-0.15, -0.1) is 5.11 Å². The predicted octanol–water partition coefficient (Wildman–Crippen LogP) is 13.8. The highest BCUT2D eigenvalue weighted by molar-refractivity contribution is 6.00. The Morgan fingerprint density at radius 3 is 1.74 bits per heavy atom. The number of rotatable bonds is 27. The molecule has 0 radical (unpaired) electrons. The zero-order valence-corrected chi connectivity index (χ0v) is 38.1. The number of carbonyl (C=O) groups excluding carboxylic acids is 3. The Labute approximate surface area is 369 Å². The summed E-state index contributed by atoms with van der Waals surface area (Å²) in [6.45, 7) is 17.8. The molecule has 0 fully saturated rings. The van der Waals surface area contributed by atoms with Gasteiger partial charge in [-0.1, -0.05) is 102 Å². The molecule has 0 amide bonds. The molecule has 0 aliphatic heterocycles. The molecule has 4 rings (SSSR count). The molecule has 62 heavy (non-hydrogen) atoms. The number of unbranched alkanes of at least 4 members (excludes halogenated alkanes) is 10. The van der Waals surface area contributed by atoms with E-state index in [0.717, 1.165) is 84.8 Å². The van der Waals surface area contributed by atoms with Gasteiger partial charge in [-0.2, -0.15) is 5.11 Å². The lowest BCUT2D eigenvalue weighted by atomic mass is 9.69. The van der Waals surface area contributed by atoms with Crippen molar-refractivity contribution in [3.05, 3.63) is 108 Å². The van der Waals surface area contributed by atoms with Crippen LogP contribution < -0.4 is 10.1 Å². The van der Waals surface area contributed by atoms with E-state index in [-0.39, 0.29) is 23.3 Å². The molecule has 0 atom stereocenters. The molecule has 334 valence electrons.